The molecule has 2 rings (SSSR count). The lowest BCUT2D eigenvalue weighted by Crippen LogP contribution is -2.39. The third-order valence-electron chi connectivity index (χ3n) is 3.69. The Morgan fingerprint density at radius 2 is 2.05 bits per heavy atom. The normalized spacial score (nSPS) is 12.5. The number of hydrogen-bond acceptors (Lipinski definition) is 4. The Bertz CT molecular complexity index is 806. The number of fused-ring (bicyclic) bond motifs is 1. The molecule has 0 aliphatic carbocycles. The number of aromatic nitrogens is 4. The zero-order valence-electron chi connectivity index (χ0n) is 12.5. The fourth-order valence-corrected chi connectivity index (χ4v) is 2.38. The van der Waals surface area contributed by atoms with Crippen LogP contribution in [0.3, 0.4) is 0 Å². The molecule has 21 heavy (non-hydrogen) atoms. The summed E-state index contributed by atoms with van der Waals surface area (Å²) in [4.78, 5) is 28.7. The highest BCUT2D eigenvalue weighted by Crippen LogP contribution is 2.07. The predicted octanol–water partition coefficient (Wildman–Crippen LogP) is 0.764. The standard InChI is InChI=1S/C14H19N5O2/c1-10(8-15)6-4-5-7-19-13(20)11-12(16-9-17(11)2)18(3)14(19)21/h9-10H,4-7H2,1-3H3/t10-/m1/s1. The van der Waals surface area contributed by atoms with Gasteiger partial charge in [0.25, 0.3) is 5.56 Å². The van der Waals surface area contributed by atoms with Crippen molar-refractivity contribution in [1.82, 2.24) is 18.7 Å². The van der Waals surface area contributed by atoms with Crippen LogP contribution in [0.4, 0.5) is 0 Å². The van der Waals surface area contributed by atoms with E-state index in [1.807, 2.05) is 6.92 Å². The van der Waals surface area contributed by atoms with Crippen molar-refractivity contribution >= 4 is 11.2 Å². The second-order valence-corrected chi connectivity index (χ2v) is 5.35. The van der Waals surface area contributed by atoms with E-state index in [-0.39, 0.29) is 17.2 Å². The zero-order valence-corrected chi connectivity index (χ0v) is 12.5. The SMILES string of the molecule is C[C@@H](C#N)CCCCn1c(=O)c2c(ncn2C)n(C)c1=O. The van der Waals surface area contributed by atoms with E-state index in [9.17, 15) is 9.59 Å². The molecule has 1 atom stereocenters. The van der Waals surface area contributed by atoms with Gasteiger partial charge in [-0.25, -0.2) is 9.78 Å². The van der Waals surface area contributed by atoms with Gasteiger partial charge in [-0.15, -0.1) is 0 Å². The van der Waals surface area contributed by atoms with Crippen molar-refractivity contribution < 1.29 is 0 Å². The Morgan fingerprint density at radius 1 is 1.33 bits per heavy atom. The molecule has 0 fully saturated rings. The monoisotopic (exact) mass is 289 g/mol. The number of imidazole rings is 1. The van der Waals surface area contributed by atoms with E-state index in [1.54, 1.807) is 18.7 Å². The Kier molecular flexibility index (Phi) is 4.26. The topological polar surface area (TPSA) is 85.6 Å². The Balaban J connectivity index is 2.28. The molecule has 0 aliphatic rings. The van der Waals surface area contributed by atoms with Gasteiger partial charge in [0.05, 0.1) is 12.4 Å². The highest BCUT2D eigenvalue weighted by molar-refractivity contribution is 5.69. The maximum atomic E-state index is 12.4. The molecule has 2 heterocycles. The lowest BCUT2D eigenvalue weighted by atomic mass is 10.1. The molecule has 2 aromatic rings. The van der Waals surface area contributed by atoms with Crippen LogP contribution in [0.2, 0.25) is 0 Å². The fraction of sp³-hybridized carbons (Fsp3) is 0.571. The molecule has 0 saturated carbocycles. The number of unbranched alkanes of at least 4 members (excludes halogenated alkanes) is 1. The quantitative estimate of drug-likeness (QED) is 0.761. The summed E-state index contributed by atoms with van der Waals surface area (Å²) in [5.74, 6) is 0.00380. The van der Waals surface area contributed by atoms with E-state index < -0.39 is 0 Å². The predicted molar refractivity (Wildman–Crippen MR) is 78.8 cm³/mol. The molecule has 112 valence electrons. The summed E-state index contributed by atoms with van der Waals surface area (Å²) in [6.07, 6.45) is 3.82. The molecule has 7 heteroatoms. The van der Waals surface area contributed by atoms with E-state index in [2.05, 4.69) is 11.1 Å². The maximum absolute atomic E-state index is 12.4. The van der Waals surface area contributed by atoms with Gasteiger partial charge in [0.15, 0.2) is 11.2 Å². The van der Waals surface area contributed by atoms with Crippen LogP contribution in [0.1, 0.15) is 26.2 Å². The lowest BCUT2D eigenvalue weighted by molar-refractivity contribution is 0.515. The zero-order chi connectivity index (χ0) is 15.6. The molecular formula is C14H19N5O2. The van der Waals surface area contributed by atoms with E-state index in [0.717, 1.165) is 12.8 Å². The molecule has 0 unspecified atom stereocenters. The highest BCUT2D eigenvalue weighted by Gasteiger charge is 2.14. The van der Waals surface area contributed by atoms with Crippen LogP contribution in [-0.4, -0.2) is 18.7 Å². The number of hydrogen-bond donors (Lipinski definition) is 0. The van der Waals surface area contributed by atoms with Crippen LogP contribution in [0, 0.1) is 17.2 Å². The average molecular weight is 289 g/mol. The minimum absolute atomic E-state index is 0.00380. The minimum atomic E-state index is -0.348. The Hall–Kier alpha value is -2.36. The van der Waals surface area contributed by atoms with Crippen LogP contribution in [0.15, 0.2) is 15.9 Å². The van der Waals surface area contributed by atoms with Gasteiger partial charge in [-0.2, -0.15) is 5.26 Å². The lowest BCUT2D eigenvalue weighted by Gasteiger charge is -2.08. The third kappa shape index (κ3) is 2.75. The van der Waals surface area contributed by atoms with Gasteiger partial charge in [-0.05, 0) is 19.8 Å². The van der Waals surface area contributed by atoms with Crippen molar-refractivity contribution in [1.29, 1.82) is 5.26 Å². The summed E-state index contributed by atoms with van der Waals surface area (Å²) in [6, 6.07) is 2.18. The van der Waals surface area contributed by atoms with E-state index in [4.69, 9.17) is 5.26 Å². The number of nitrogens with zero attached hydrogens (tertiary/aromatic N) is 5. The molecule has 0 amide bonds. The second kappa shape index (κ2) is 5.95. The van der Waals surface area contributed by atoms with E-state index >= 15 is 0 Å². The molecule has 0 N–H and O–H groups in total. The van der Waals surface area contributed by atoms with E-state index in [1.165, 1.54) is 15.5 Å². The maximum Gasteiger partial charge on any atom is 0.332 e. The molecule has 0 radical (unpaired) electrons. The fourth-order valence-electron chi connectivity index (χ4n) is 2.38. The van der Waals surface area contributed by atoms with Crippen LogP contribution in [0.5, 0.6) is 0 Å². The van der Waals surface area contributed by atoms with Crippen LogP contribution in [0.25, 0.3) is 11.2 Å². The number of rotatable bonds is 5. The molecule has 7 nitrogen and oxygen atoms in total. The first-order valence-electron chi connectivity index (χ1n) is 6.97. The number of nitriles is 1. The van der Waals surface area contributed by atoms with Gasteiger partial charge in [-0.3, -0.25) is 13.9 Å². The minimum Gasteiger partial charge on any atom is -0.328 e. The molecular weight excluding hydrogens is 270 g/mol. The van der Waals surface area contributed by atoms with Gasteiger partial charge in [0.2, 0.25) is 0 Å². The van der Waals surface area contributed by atoms with Gasteiger partial charge < -0.3 is 4.57 Å². The highest BCUT2D eigenvalue weighted by atomic mass is 16.2. The van der Waals surface area contributed by atoms with Gasteiger partial charge in [-0.1, -0.05) is 6.42 Å². The third-order valence-corrected chi connectivity index (χ3v) is 3.69. The average Bonchev–Trinajstić information content (AvgIpc) is 2.86. The molecule has 0 spiro atoms. The summed E-state index contributed by atoms with van der Waals surface area (Å²) in [5.41, 5.74) is 0.185. The summed E-state index contributed by atoms with van der Waals surface area (Å²) >= 11 is 0. The largest absolute Gasteiger partial charge is 0.332 e. The second-order valence-electron chi connectivity index (χ2n) is 5.35. The van der Waals surface area contributed by atoms with Crippen LogP contribution >= 0.6 is 0 Å². The van der Waals surface area contributed by atoms with Gasteiger partial charge in [0.1, 0.15) is 0 Å². The van der Waals surface area contributed by atoms with Crippen LogP contribution in [-0.2, 0) is 20.6 Å². The molecule has 0 aliphatic heterocycles. The van der Waals surface area contributed by atoms with Gasteiger partial charge in [0, 0.05) is 26.6 Å². The van der Waals surface area contributed by atoms with Crippen molar-refractivity contribution in [2.24, 2.45) is 20.0 Å². The molecule has 0 saturated heterocycles. The first-order chi connectivity index (χ1) is 9.97. The van der Waals surface area contributed by atoms with Crippen molar-refractivity contribution in [3.8, 4) is 6.07 Å². The summed E-state index contributed by atoms with van der Waals surface area (Å²) in [6.45, 7) is 2.23. The van der Waals surface area contributed by atoms with Crippen molar-refractivity contribution in [2.75, 3.05) is 0 Å². The molecule has 2 aromatic heterocycles. The summed E-state index contributed by atoms with van der Waals surface area (Å²) < 4.78 is 4.28. The smallest absolute Gasteiger partial charge is 0.328 e. The van der Waals surface area contributed by atoms with Crippen LogP contribution < -0.4 is 11.2 Å². The first kappa shape index (κ1) is 15.0. The summed E-state index contributed by atoms with van der Waals surface area (Å²) in [7, 11) is 3.35. The first-order valence-corrected chi connectivity index (χ1v) is 6.97. The van der Waals surface area contributed by atoms with Gasteiger partial charge >= 0.3 is 5.69 Å². The van der Waals surface area contributed by atoms with E-state index in [0.29, 0.717) is 24.1 Å². The summed E-state index contributed by atoms with van der Waals surface area (Å²) in [5, 5.41) is 8.73. The molecule has 0 bridgehead atoms. The van der Waals surface area contributed by atoms with Crippen molar-refractivity contribution in [2.45, 2.75) is 32.7 Å². The van der Waals surface area contributed by atoms with Crippen molar-refractivity contribution in [3.63, 3.8) is 0 Å². The molecule has 0 aromatic carbocycles. The Morgan fingerprint density at radius 3 is 2.71 bits per heavy atom. The van der Waals surface area contributed by atoms with Crippen molar-refractivity contribution in [3.05, 3.63) is 27.2 Å². The number of aryl methyl sites for hydroxylation is 2. The Labute approximate surface area is 122 Å².